The van der Waals surface area contributed by atoms with E-state index in [9.17, 15) is 14.0 Å². The van der Waals surface area contributed by atoms with Crippen LogP contribution in [0.3, 0.4) is 0 Å². The molecule has 0 aliphatic rings. The Kier molecular flexibility index (Phi) is 2.19. The highest BCUT2D eigenvalue weighted by Crippen LogP contribution is 2.14. The van der Waals surface area contributed by atoms with Crippen molar-refractivity contribution in [3.63, 3.8) is 0 Å². The fraction of sp³-hybridized carbons (Fsp3) is 0.0833. The van der Waals surface area contributed by atoms with E-state index in [1.807, 2.05) is 0 Å². The highest BCUT2D eigenvalue weighted by atomic mass is 19.1. The molecule has 0 bridgehead atoms. The van der Waals surface area contributed by atoms with Gasteiger partial charge in [0, 0.05) is 13.1 Å². The van der Waals surface area contributed by atoms with Crippen LogP contribution in [0.15, 0.2) is 29.1 Å². The maximum absolute atomic E-state index is 13.2. The third kappa shape index (κ3) is 1.51. The average molecular weight is 260 g/mol. The Morgan fingerprint density at radius 2 is 2.11 bits per heavy atom. The summed E-state index contributed by atoms with van der Waals surface area (Å²) in [6.07, 6.45) is 0. The molecule has 0 atom stereocenters. The maximum atomic E-state index is 13.2. The van der Waals surface area contributed by atoms with Crippen molar-refractivity contribution < 1.29 is 9.18 Å². The lowest BCUT2D eigenvalue weighted by Crippen LogP contribution is -2.19. The van der Waals surface area contributed by atoms with Gasteiger partial charge in [0.15, 0.2) is 5.69 Å². The van der Waals surface area contributed by atoms with Gasteiger partial charge in [-0.05, 0) is 18.2 Å². The van der Waals surface area contributed by atoms with Gasteiger partial charge >= 0.3 is 0 Å². The van der Waals surface area contributed by atoms with E-state index in [1.54, 1.807) is 11.6 Å². The van der Waals surface area contributed by atoms with Crippen LogP contribution in [0, 0.1) is 5.82 Å². The van der Waals surface area contributed by atoms with Gasteiger partial charge in [-0.15, -0.1) is 0 Å². The maximum Gasteiger partial charge on any atom is 0.282 e. The second-order valence-electron chi connectivity index (χ2n) is 4.19. The molecule has 96 valence electrons. The highest BCUT2D eigenvalue weighted by Gasteiger charge is 2.14. The van der Waals surface area contributed by atoms with E-state index in [0.29, 0.717) is 11.2 Å². The first kappa shape index (κ1) is 11.4. The van der Waals surface area contributed by atoms with Crippen LogP contribution in [0.5, 0.6) is 0 Å². The van der Waals surface area contributed by atoms with Gasteiger partial charge in [-0.1, -0.05) is 0 Å². The Morgan fingerprint density at radius 1 is 1.37 bits per heavy atom. The van der Waals surface area contributed by atoms with Crippen LogP contribution in [0.4, 0.5) is 4.39 Å². The van der Waals surface area contributed by atoms with Crippen molar-refractivity contribution in [2.24, 2.45) is 12.8 Å². The third-order valence-corrected chi connectivity index (χ3v) is 3.03. The molecular formula is C12H9FN4O2. The van der Waals surface area contributed by atoms with Gasteiger partial charge in [-0.2, -0.15) is 9.61 Å². The molecule has 0 radical (unpaired) electrons. The van der Waals surface area contributed by atoms with Crippen LogP contribution in [0.2, 0.25) is 0 Å². The number of amides is 1. The van der Waals surface area contributed by atoms with Gasteiger partial charge in [-0.3, -0.25) is 9.59 Å². The number of fused-ring (bicyclic) bond motifs is 2. The molecule has 19 heavy (non-hydrogen) atoms. The minimum Gasteiger partial charge on any atom is -0.364 e. The summed E-state index contributed by atoms with van der Waals surface area (Å²) in [7, 11) is 1.70. The van der Waals surface area contributed by atoms with E-state index in [2.05, 4.69) is 5.10 Å². The van der Waals surface area contributed by atoms with Gasteiger partial charge in [0.1, 0.15) is 11.5 Å². The van der Waals surface area contributed by atoms with Gasteiger partial charge in [-0.25, -0.2) is 4.39 Å². The lowest BCUT2D eigenvalue weighted by atomic mass is 10.2. The number of aromatic nitrogens is 3. The molecule has 0 aliphatic heterocycles. The summed E-state index contributed by atoms with van der Waals surface area (Å²) in [5, 5.41) is 4.03. The summed E-state index contributed by atoms with van der Waals surface area (Å²) in [4.78, 5) is 23.3. The van der Waals surface area contributed by atoms with Crippen molar-refractivity contribution in [3.05, 3.63) is 46.1 Å². The molecule has 2 heterocycles. The molecule has 0 saturated carbocycles. The Morgan fingerprint density at radius 3 is 2.79 bits per heavy atom. The number of rotatable bonds is 1. The Bertz CT molecular complexity index is 894. The number of nitrogens with zero attached hydrogens (tertiary/aromatic N) is 3. The second-order valence-corrected chi connectivity index (χ2v) is 4.19. The molecule has 1 aromatic carbocycles. The SMILES string of the molecule is Cn1c2ccc(F)cc2c(=O)n2nc(C(N)=O)cc12. The largest absolute Gasteiger partial charge is 0.364 e. The summed E-state index contributed by atoms with van der Waals surface area (Å²) < 4.78 is 15.9. The minimum atomic E-state index is -0.724. The predicted molar refractivity (Wildman–Crippen MR) is 66.4 cm³/mol. The third-order valence-electron chi connectivity index (χ3n) is 3.03. The Labute approximate surface area is 105 Å². The zero-order chi connectivity index (χ0) is 13.7. The quantitative estimate of drug-likeness (QED) is 0.688. The van der Waals surface area contributed by atoms with Crippen LogP contribution in [-0.4, -0.2) is 20.1 Å². The van der Waals surface area contributed by atoms with Crippen molar-refractivity contribution in [2.75, 3.05) is 0 Å². The topological polar surface area (TPSA) is 82.4 Å². The van der Waals surface area contributed by atoms with Crippen LogP contribution in [0.25, 0.3) is 16.6 Å². The van der Waals surface area contributed by atoms with E-state index < -0.39 is 17.3 Å². The van der Waals surface area contributed by atoms with Crippen LogP contribution >= 0.6 is 0 Å². The zero-order valence-corrected chi connectivity index (χ0v) is 9.92. The molecule has 3 rings (SSSR count). The normalized spacial score (nSPS) is 11.3. The number of carbonyl (C=O) groups excluding carboxylic acids is 1. The smallest absolute Gasteiger partial charge is 0.282 e. The Balaban J connectivity index is 2.57. The monoisotopic (exact) mass is 260 g/mol. The average Bonchev–Trinajstić information content (AvgIpc) is 2.81. The lowest BCUT2D eigenvalue weighted by Gasteiger charge is -2.07. The van der Waals surface area contributed by atoms with Gasteiger partial charge in [0.05, 0.1) is 10.9 Å². The van der Waals surface area contributed by atoms with Crippen molar-refractivity contribution in [1.29, 1.82) is 0 Å². The van der Waals surface area contributed by atoms with Crippen molar-refractivity contribution >= 4 is 22.5 Å². The molecule has 1 amide bonds. The van der Waals surface area contributed by atoms with Gasteiger partial charge in [0.2, 0.25) is 0 Å². The van der Waals surface area contributed by atoms with Crippen LogP contribution < -0.4 is 11.3 Å². The molecule has 0 unspecified atom stereocenters. The van der Waals surface area contributed by atoms with Crippen LogP contribution in [-0.2, 0) is 7.05 Å². The summed E-state index contributed by atoms with van der Waals surface area (Å²) in [6.45, 7) is 0. The molecule has 0 spiro atoms. The van der Waals surface area contributed by atoms with E-state index >= 15 is 0 Å². The fourth-order valence-electron chi connectivity index (χ4n) is 2.09. The molecule has 0 aliphatic carbocycles. The van der Waals surface area contributed by atoms with E-state index in [-0.39, 0.29) is 11.1 Å². The number of nitrogens with two attached hydrogens (primary N) is 1. The predicted octanol–water partition coefficient (Wildman–Crippen LogP) is 0.424. The number of hydrogen-bond donors (Lipinski definition) is 1. The molecule has 7 heteroatoms. The van der Waals surface area contributed by atoms with Gasteiger partial charge in [0.25, 0.3) is 11.5 Å². The molecule has 6 nitrogen and oxygen atoms in total. The molecule has 2 N–H and O–H groups in total. The number of aryl methyl sites for hydroxylation is 1. The number of primary amides is 1. The van der Waals surface area contributed by atoms with E-state index in [0.717, 1.165) is 10.6 Å². The first-order valence-electron chi connectivity index (χ1n) is 5.47. The van der Waals surface area contributed by atoms with Crippen LogP contribution in [0.1, 0.15) is 10.5 Å². The summed E-state index contributed by atoms with van der Waals surface area (Å²) in [5.41, 5.74) is 5.61. The lowest BCUT2D eigenvalue weighted by molar-refractivity contribution is 0.0995. The summed E-state index contributed by atoms with van der Waals surface area (Å²) in [6, 6.07) is 5.34. The molecule has 2 aromatic heterocycles. The summed E-state index contributed by atoms with van der Waals surface area (Å²) >= 11 is 0. The number of halogens is 1. The van der Waals surface area contributed by atoms with E-state index in [4.69, 9.17) is 5.73 Å². The number of hydrogen-bond acceptors (Lipinski definition) is 3. The molecule has 0 saturated heterocycles. The van der Waals surface area contributed by atoms with Crippen molar-refractivity contribution in [3.8, 4) is 0 Å². The molecule has 3 aromatic rings. The van der Waals surface area contributed by atoms with Crippen molar-refractivity contribution in [2.45, 2.75) is 0 Å². The number of carbonyl (C=O) groups is 1. The first-order valence-corrected chi connectivity index (χ1v) is 5.47. The van der Waals surface area contributed by atoms with Gasteiger partial charge < -0.3 is 10.3 Å². The summed E-state index contributed by atoms with van der Waals surface area (Å²) in [5.74, 6) is -1.23. The standard InChI is InChI=1S/C12H9FN4O2/c1-16-9-3-2-6(13)4-7(9)12(19)17-10(16)5-8(15-17)11(14)18/h2-5H,1H3,(H2,14,18). The molecule has 0 fully saturated rings. The van der Waals surface area contributed by atoms with Crippen molar-refractivity contribution in [1.82, 2.24) is 14.2 Å². The fourth-order valence-corrected chi connectivity index (χ4v) is 2.09. The minimum absolute atomic E-state index is 0.0107. The number of benzene rings is 1. The van der Waals surface area contributed by atoms with E-state index in [1.165, 1.54) is 18.2 Å². The highest BCUT2D eigenvalue weighted by molar-refractivity contribution is 5.92. The zero-order valence-electron chi connectivity index (χ0n) is 9.92. The second kappa shape index (κ2) is 3.64. The first-order chi connectivity index (χ1) is 8.99. The molecular weight excluding hydrogens is 251 g/mol. The Hall–Kier alpha value is -2.70.